The first-order valence-electron chi connectivity index (χ1n) is 7.30. The molecule has 114 valence electrons. The van der Waals surface area contributed by atoms with Gasteiger partial charge in [0.1, 0.15) is 0 Å². The van der Waals surface area contributed by atoms with Crippen LogP contribution in [0.15, 0.2) is 48.8 Å². The van der Waals surface area contributed by atoms with Gasteiger partial charge in [0, 0.05) is 18.9 Å². The fourth-order valence-corrected chi connectivity index (χ4v) is 2.77. The SMILES string of the molecule is O=C(O)N1CCOC[C@H]1Cc1cccc(-c2ccncc2)c1. The normalized spacial score (nSPS) is 18.2. The Bertz CT molecular complexity index is 645. The highest BCUT2D eigenvalue weighted by molar-refractivity contribution is 5.66. The molecular formula is C17H18N2O3. The molecule has 1 aromatic heterocycles. The van der Waals surface area contributed by atoms with Crippen molar-refractivity contribution >= 4 is 6.09 Å². The minimum absolute atomic E-state index is 0.126. The van der Waals surface area contributed by atoms with E-state index >= 15 is 0 Å². The molecule has 0 saturated carbocycles. The lowest BCUT2D eigenvalue weighted by molar-refractivity contribution is 0.000290. The highest BCUT2D eigenvalue weighted by Crippen LogP contribution is 2.21. The fraction of sp³-hybridized carbons (Fsp3) is 0.294. The molecule has 0 bridgehead atoms. The van der Waals surface area contributed by atoms with Gasteiger partial charge in [-0.3, -0.25) is 4.98 Å². The number of carbonyl (C=O) groups is 1. The third kappa shape index (κ3) is 3.26. The predicted molar refractivity (Wildman–Crippen MR) is 82.7 cm³/mol. The molecule has 22 heavy (non-hydrogen) atoms. The predicted octanol–water partition coefficient (Wildman–Crippen LogP) is 2.67. The van der Waals surface area contributed by atoms with E-state index in [0.717, 1.165) is 16.7 Å². The quantitative estimate of drug-likeness (QED) is 0.946. The average Bonchev–Trinajstić information content (AvgIpc) is 2.56. The van der Waals surface area contributed by atoms with Gasteiger partial charge in [0.15, 0.2) is 0 Å². The van der Waals surface area contributed by atoms with E-state index < -0.39 is 6.09 Å². The van der Waals surface area contributed by atoms with Gasteiger partial charge in [-0.1, -0.05) is 24.3 Å². The summed E-state index contributed by atoms with van der Waals surface area (Å²) in [5.74, 6) is 0. The summed E-state index contributed by atoms with van der Waals surface area (Å²) >= 11 is 0. The summed E-state index contributed by atoms with van der Waals surface area (Å²) in [6.07, 6.45) is 3.32. The smallest absolute Gasteiger partial charge is 0.407 e. The van der Waals surface area contributed by atoms with E-state index in [1.807, 2.05) is 30.3 Å². The van der Waals surface area contributed by atoms with E-state index in [2.05, 4.69) is 11.1 Å². The first-order chi connectivity index (χ1) is 10.7. The maximum atomic E-state index is 11.3. The Morgan fingerprint density at radius 1 is 1.27 bits per heavy atom. The number of morpholine rings is 1. The second-order valence-corrected chi connectivity index (χ2v) is 5.35. The standard InChI is InChI=1S/C17H18N2O3/c20-17(21)19-8-9-22-12-16(19)11-13-2-1-3-15(10-13)14-4-6-18-7-5-14/h1-7,10,16H,8-9,11-12H2,(H,20,21)/t16-/m1/s1. The van der Waals surface area contributed by atoms with Crippen LogP contribution in [0.5, 0.6) is 0 Å². The highest BCUT2D eigenvalue weighted by atomic mass is 16.5. The van der Waals surface area contributed by atoms with Gasteiger partial charge < -0.3 is 14.7 Å². The van der Waals surface area contributed by atoms with Gasteiger partial charge in [-0.2, -0.15) is 0 Å². The van der Waals surface area contributed by atoms with Crippen molar-refractivity contribution in [2.24, 2.45) is 0 Å². The van der Waals surface area contributed by atoms with Crippen molar-refractivity contribution < 1.29 is 14.6 Å². The van der Waals surface area contributed by atoms with Crippen LogP contribution in [0, 0.1) is 0 Å². The van der Waals surface area contributed by atoms with Crippen molar-refractivity contribution in [2.75, 3.05) is 19.8 Å². The number of nitrogens with zero attached hydrogens (tertiary/aromatic N) is 2. The van der Waals surface area contributed by atoms with E-state index in [9.17, 15) is 9.90 Å². The number of pyridine rings is 1. The van der Waals surface area contributed by atoms with Crippen molar-refractivity contribution in [3.63, 3.8) is 0 Å². The van der Waals surface area contributed by atoms with E-state index in [4.69, 9.17) is 4.74 Å². The molecule has 1 fully saturated rings. The first kappa shape index (κ1) is 14.5. The molecule has 1 aromatic carbocycles. The Kier molecular flexibility index (Phi) is 4.34. The molecule has 0 aliphatic carbocycles. The molecule has 0 spiro atoms. The van der Waals surface area contributed by atoms with Crippen molar-refractivity contribution in [2.45, 2.75) is 12.5 Å². The lowest BCUT2D eigenvalue weighted by Gasteiger charge is -2.33. The summed E-state index contributed by atoms with van der Waals surface area (Å²) < 4.78 is 5.44. The number of benzene rings is 1. The molecule has 1 aliphatic rings. The third-order valence-electron chi connectivity index (χ3n) is 3.89. The summed E-state index contributed by atoms with van der Waals surface area (Å²) in [5, 5.41) is 9.28. The summed E-state index contributed by atoms with van der Waals surface area (Å²) in [6, 6.07) is 12.0. The Balaban J connectivity index is 1.79. The first-order valence-corrected chi connectivity index (χ1v) is 7.30. The van der Waals surface area contributed by atoms with Crippen LogP contribution in [0.4, 0.5) is 4.79 Å². The van der Waals surface area contributed by atoms with Gasteiger partial charge in [-0.05, 0) is 35.2 Å². The topological polar surface area (TPSA) is 62.7 Å². The van der Waals surface area contributed by atoms with Crippen LogP contribution in [0.3, 0.4) is 0 Å². The molecule has 2 aromatic rings. The Hall–Kier alpha value is -2.40. The monoisotopic (exact) mass is 298 g/mol. The van der Waals surface area contributed by atoms with E-state index in [0.29, 0.717) is 26.2 Å². The lowest BCUT2D eigenvalue weighted by atomic mass is 9.99. The number of rotatable bonds is 3. The van der Waals surface area contributed by atoms with Crippen LogP contribution < -0.4 is 0 Å². The summed E-state index contributed by atoms with van der Waals surface area (Å²) in [6.45, 7) is 1.36. The average molecular weight is 298 g/mol. The molecule has 1 N–H and O–H groups in total. The van der Waals surface area contributed by atoms with E-state index in [1.165, 1.54) is 4.90 Å². The molecule has 1 saturated heterocycles. The third-order valence-corrected chi connectivity index (χ3v) is 3.89. The number of amides is 1. The van der Waals surface area contributed by atoms with Crippen LogP contribution in [0.2, 0.25) is 0 Å². The highest BCUT2D eigenvalue weighted by Gasteiger charge is 2.27. The molecule has 1 amide bonds. The zero-order valence-corrected chi connectivity index (χ0v) is 12.2. The van der Waals surface area contributed by atoms with Crippen molar-refractivity contribution in [1.82, 2.24) is 9.88 Å². The van der Waals surface area contributed by atoms with Crippen LogP contribution in [-0.2, 0) is 11.2 Å². The molecule has 5 heteroatoms. The van der Waals surface area contributed by atoms with Gasteiger partial charge in [-0.15, -0.1) is 0 Å². The Labute approximate surface area is 129 Å². The van der Waals surface area contributed by atoms with Crippen molar-refractivity contribution in [3.05, 3.63) is 54.4 Å². The molecule has 1 atom stereocenters. The van der Waals surface area contributed by atoms with Crippen LogP contribution >= 0.6 is 0 Å². The zero-order valence-electron chi connectivity index (χ0n) is 12.2. The van der Waals surface area contributed by atoms with Gasteiger partial charge in [0.2, 0.25) is 0 Å². The molecule has 5 nitrogen and oxygen atoms in total. The summed E-state index contributed by atoms with van der Waals surface area (Å²) in [7, 11) is 0. The molecule has 0 unspecified atom stereocenters. The maximum Gasteiger partial charge on any atom is 0.407 e. The fourth-order valence-electron chi connectivity index (χ4n) is 2.77. The van der Waals surface area contributed by atoms with Crippen molar-refractivity contribution in [3.8, 4) is 11.1 Å². The lowest BCUT2D eigenvalue weighted by Crippen LogP contribution is -2.49. The Morgan fingerprint density at radius 2 is 2.09 bits per heavy atom. The molecular weight excluding hydrogens is 280 g/mol. The van der Waals surface area contributed by atoms with Crippen molar-refractivity contribution in [1.29, 1.82) is 0 Å². The largest absolute Gasteiger partial charge is 0.465 e. The molecule has 3 rings (SSSR count). The molecule has 0 radical (unpaired) electrons. The molecule has 2 heterocycles. The van der Waals surface area contributed by atoms with Crippen LogP contribution in [0.1, 0.15) is 5.56 Å². The van der Waals surface area contributed by atoms with Gasteiger partial charge in [0.25, 0.3) is 0 Å². The van der Waals surface area contributed by atoms with Gasteiger partial charge >= 0.3 is 6.09 Å². The molecule has 1 aliphatic heterocycles. The summed E-state index contributed by atoms with van der Waals surface area (Å²) in [4.78, 5) is 16.8. The number of carboxylic acid groups (broad SMARTS) is 1. The van der Waals surface area contributed by atoms with E-state index in [-0.39, 0.29) is 6.04 Å². The Morgan fingerprint density at radius 3 is 2.86 bits per heavy atom. The minimum Gasteiger partial charge on any atom is -0.465 e. The van der Waals surface area contributed by atoms with Crippen LogP contribution in [0.25, 0.3) is 11.1 Å². The maximum absolute atomic E-state index is 11.3. The number of hydrogen-bond donors (Lipinski definition) is 1. The van der Waals surface area contributed by atoms with Crippen LogP contribution in [-0.4, -0.2) is 46.9 Å². The minimum atomic E-state index is -0.876. The number of aromatic nitrogens is 1. The summed E-state index contributed by atoms with van der Waals surface area (Å²) in [5.41, 5.74) is 3.32. The van der Waals surface area contributed by atoms with Gasteiger partial charge in [0.05, 0.1) is 19.3 Å². The number of ether oxygens (including phenoxy) is 1. The zero-order chi connectivity index (χ0) is 15.4. The second-order valence-electron chi connectivity index (χ2n) is 5.35. The van der Waals surface area contributed by atoms with Gasteiger partial charge in [-0.25, -0.2) is 4.79 Å². The van der Waals surface area contributed by atoms with E-state index in [1.54, 1.807) is 12.4 Å². The second kappa shape index (κ2) is 6.58. The number of hydrogen-bond acceptors (Lipinski definition) is 3.